The summed E-state index contributed by atoms with van der Waals surface area (Å²) in [5.74, 6) is 0. The maximum Gasteiger partial charge on any atom is 0.0793 e. The molecule has 0 radical (unpaired) electrons. The first-order chi connectivity index (χ1) is 4.43. The maximum atomic E-state index is 6.78. The molecule has 0 bridgehead atoms. The Morgan fingerprint density at radius 3 is 2.67 bits per heavy atom. The largest absolute Gasteiger partial charge is 0.374 e. The van der Waals surface area contributed by atoms with Crippen LogP contribution in [0.3, 0.4) is 0 Å². The second-order valence-corrected chi connectivity index (χ2v) is 2.34. The first-order valence-corrected chi connectivity index (χ1v) is 3.39. The topological polar surface area (TPSA) is 47.9 Å². The molecule has 3 heteroatoms. The second-order valence-electron chi connectivity index (χ2n) is 2.34. The average molecular weight is 127 g/mol. The van der Waals surface area contributed by atoms with Crippen LogP contribution in [0.15, 0.2) is 0 Å². The van der Waals surface area contributed by atoms with E-state index in [9.17, 15) is 0 Å². The third-order valence-corrected chi connectivity index (χ3v) is 1.66. The summed E-state index contributed by atoms with van der Waals surface area (Å²) in [4.78, 5) is 0. The second kappa shape index (κ2) is 3.45. The van der Waals surface area contributed by atoms with E-state index in [-0.39, 0.29) is 0 Å². The van der Waals surface area contributed by atoms with Gasteiger partial charge in [0.1, 0.15) is 0 Å². The Balaban J connectivity index is 2.15. The van der Waals surface area contributed by atoms with Gasteiger partial charge < -0.3 is 10.6 Å². The fourth-order valence-electron chi connectivity index (χ4n) is 1.11. The molecule has 3 N–H and O–H groups in total. The van der Waals surface area contributed by atoms with E-state index in [0.717, 1.165) is 25.9 Å². The van der Waals surface area contributed by atoms with E-state index in [0.29, 0.717) is 6.04 Å². The molecule has 1 saturated heterocycles. The Morgan fingerprint density at radius 1 is 1.44 bits per heavy atom. The Morgan fingerprint density at radius 2 is 2.11 bits per heavy atom. The summed E-state index contributed by atoms with van der Waals surface area (Å²) in [5.41, 5.74) is 0. The predicted molar refractivity (Wildman–Crippen MR) is 37.8 cm³/mol. The molecule has 0 aliphatic carbocycles. The van der Waals surface area contributed by atoms with E-state index < -0.39 is 0 Å². The third-order valence-electron chi connectivity index (χ3n) is 1.66. The van der Waals surface area contributed by atoms with Crippen molar-refractivity contribution in [3.63, 3.8) is 0 Å². The first-order valence-electron chi connectivity index (χ1n) is 3.39. The van der Waals surface area contributed by atoms with Crippen LogP contribution in [0.1, 0.15) is 12.8 Å². The van der Waals surface area contributed by atoms with E-state index in [2.05, 4.69) is 10.6 Å². The molecule has 0 aromatic rings. The van der Waals surface area contributed by atoms with E-state index in [1.54, 1.807) is 0 Å². The summed E-state index contributed by atoms with van der Waals surface area (Å²) in [5, 5.41) is 13.0. The molecule has 0 amide bonds. The highest BCUT2D eigenvalue weighted by Gasteiger charge is 2.09. The minimum atomic E-state index is 0.545. The van der Waals surface area contributed by atoms with Gasteiger partial charge in [-0.1, -0.05) is 0 Å². The molecule has 0 spiro atoms. The number of hydrogen-bond acceptors (Lipinski definition) is 2. The molecule has 52 valence electrons. The Hall–Kier alpha value is -0.570. The van der Waals surface area contributed by atoms with Crippen LogP contribution in [0.5, 0.6) is 0 Å². The van der Waals surface area contributed by atoms with Gasteiger partial charge in [0.25, 0.3) is 0 Å². The zero-order valence-corrected chi connectivity index (χ0v) is 5.48. The van der Waals surface area contributed by atoms with Crippen LogP contribution in [0.2, 0.25) is 0 Å². The molecule has 1 aliphatic heterocycles. The Labute approximate surface area is 55.3 Å². The Kier molecular flexibility index (Phi) is 2.51. The van der Waals surface area contributed by atoms with Crippen LogP contribution in [0.25, 0.3) is 0 Å². The lowest BCUT2D eigenvalue weighted by atomic mass is 10.1. The van der Waals surface area contributed by atoms with Crippen LogP contribution in [-0.2, 0) is 0 Å². The third kappa shape index (κ3) is 2.01. The first kappa shape index (κ1) is 6.55. The van der Waals surface area contributed by atoms with Crippen LogP contribution < -0.4 is 10.6 Å². The molecular formula is C6H13N3. The maximum absolute atomic E-state index is 6.78. The molecule has 0 aromatic carbocycles. The molecule has 0 aromatic heterocycles. The number of nitrogens with one attached hydrogen (secondary N) is 3. The van der Waals surface area contributed by atoms with Crippen molar-refractivity contribution >= 4 is 6.34 Å². The standard InChI is InChI=1S/C6H13N3/c7-5-9-6-1-3-8-4-2-6/h5-6,8H,1-4H2,(H2,7,9). The van der Waals surface area contributed by atoms with Gasteiger partial charge in [-0.3, -0.25) is 5.41 Å². The lowest BCUT2D eigenvalue weighted by Gasteiger charge is -2.21. The summed E-state index contributed by atoms with van der Waals surface area (Å²) >= 11 is 0. The van der Waals surface area contributed by atoms with Gasteiger partial charge in [-0.25, -0.2) is 0 Å². The van der Waals surface area contributed by atoms with Crippen LogP contribution in [0.4, 0.5) is 0 Å². The highest BCUT2D eigenvalue weighted by molar-refractivity contribution is 5.50. The van der Waals surface area contributed by atoms with E-state index in [1.165, 1.54) is 6.34 Å². The lowest BCUT2D eigenvalue weighted by molar-refractivity contribution is 0.431. The van der Waals surface area contributed by atoms with Crippen molar-refractivity contribution < 1.29 is 0 Å². The molecule has 0 saturated carbocycles. The highest BCUT2D eigenvalue weighted by atomic mass is 15.0. The van der Waals surface area contributed by atoms with E-state index in [1.807, 2.05) is 0 Å². The van der Waals surface area contributed by atoms with E-state index in [4.69, 9.17) is 5.41 Å². The van der Waals surface area contributed by atoms with Crippen molar-refractivity contribution in [2.45, 2.75) is 18.9 Å². The molecule has 3 nitrogen and oxygen atoms in total. The van der Waals surface area contributed by atoms with Crippen molar-refractivity contribution in [3.8, 4) is 0 Å². The van der Waals surface area contributed by atoms with Gasteiger partial charge in [0, 0.05) is 6.04 Å². The predicted octanol–water partition coefficient (Wildman–Crippen LogP) is -0.0649. The average Bonchev–Trinajstić information content (AvgIpc) is 1.91. The quantitative estimate of drug-likeness (QED) is 0.359. The van der Waals surface area contributed by atoms with Crippen molar-refractivity contribution in [3.05, 3.63) is 0 Å². The summed E-state index contributed by atoms with van der Waals surface area (Å²) < 4.78 is 0. The van der Waals surface area contributed by atoms with Gasteiger partial charge in [-0.05, 0) is 25.9 Å². The molecule has 0 unspecified atom stereocenters. The van der Waals surface area contributed by atoms with Gasteiger partial charge in [-0.15, -0.1) is 0 Å². The molecule has 0 atom stereocenters. The van der Waals surface area contributed by atoms with Gasteiger partial charge in [-0.2, -0.15) is 0 Å². The molecular weight excluding hydrogens is 114 g/mol. The smallest absolute Gasteiger partial charge is 0.0793 e. The molecule has 1 rings (SSSR count). The summed E-state index contributed by atoms with van der Waals surface area (Å²) in [6.07, 6.45) is 3.58. The molecule has 1 heterocycles. The number of rotatable bonds is 2. The van der Waals surface area contributed by atoms with Crippen LogP contribution in [-0.4, -0.2) is 25.5 Å². The summed E-state index contributed by atoms with van der Waals surface area (Å²) in [6.45, 7) is 2.18. The van der Waals surface area contributed by atoms with Crippen LogP contribution >= 0.6 is 0 Å². The fraction of sp³-hybridized carbons (Fsp3) is 0.833. The minimum Gasteiger partial charge on any atom is -0.374 e. The zero-order valence-electron chi connectivity index (χ0n) is 5.48. The summed E-state index contributed by atoms with van der Waals surface area (Å²) in [6, 6.07) is 0.545. The lowest BCUT2D eigenvalue weighted by Crippen LogP contribution is -2.39. The van der Waals surface area contributed by atoms with Crippen molar-refractivity contribution in [2.75, 3.05) is 13.1 Å². The van der Waals surface area contributed by atoms with Crippen molar-refractivity contribution in [1.82, 2.24) is 10.6 Å². The molecule has 1 fully saturated rings. The highest BCUT2D eigenvalue weighted by Crippen LogP contribution is 1.99. The number of piperidine rings is 1. The van der Waals surface area contributed by atoms with Gasteiger partial charge in [0.05, 0.1) is 6.34 Å². The normalized spacial score (nSPS) is 21.3. The summed E-state index contributed by atoms with van der Waals surface area (Å²) in [7, 11) is 0. The SMILES string of the molecule is N=CNC1CCNCC1. The monoisotopic (exact) mass is 127 g/mol. The minimum absolute atomic E-state index is 0.545. The number of hydrogen-bond donors (Lipinski definition) is 3. The van der Waals surface area contributed by atoms with E-state index >= 15 is 0 Å². The molecule has 9 heavy (non-hydrogen) atoms. The van der Waals surface area contributed by atoms with Gasteiger partial charge in [0.2, 0.25) is 0 Å². The van der Waals surface area contributed by atoms with Gasteiger partial charge >= 0.3 is 0 Å². The van der Waals surface area contributed by atoms with Crippen molar-refractivity contribution in [2.24, 2.45) is 0 Å². The zero-order chi connectivity index (χ0) is 6.53. The molecule has 1 aliphatic rings. The fourth-order valence-corrected chi connectivity index (χ4v) is 1.11. The van der Waals surface area contributed by atoms with Crippen molar-refractivity contribution in [1.29, 1.82) is 5.41 Å². The van der Waals surface area contributed by atoms with Crippen LogP contribution in [0, 0.1) is 5.41 Å². The Bertz CT molecular complexity index is 86.3. The van der Waals surface area contributed by atoms with Gasteiger partial charge in [0.15, 0.2) is 0 Å².